The molecule has 198 valence electrons. The molecule has 1 fully saturated rings. The zero-order valence-corrected chi connectivity index (χ0v) is 20.9. The van der Waals surface area contributed by atoms with Crippen LogP contribution in [0.25, 0.3) is 0 Å². The first-order valence-electron chi connectivity index (χ1n) is 10.7. The lowest BCUT2D eigenvalue weighted by atomic mass is 10.2. The summed E-state index contributed by atoms with van der Waals surface area (Å²) in [5.41, 5.74) is 0.581. The second kappa shape index (κ2) is 10.3. The molecule has 0 atom stereocenters. The van der Waals surface area contributed by atoms with Gasteiger partial charge in [-0.15, -0.1) is 24.5 Å². The highest BCUT2D eigenvalue weighted by molar-refractivity contribution is 7.92. The largest absolute Gasteiger partial charge is 0.573 e. The van der Waals surface area contributed by atoms with E-state index in [1.54, 1.807) is 6.07 Å². The number of nitrogens with zero attached hydrogens (tertiary/aromatic N) is 3. The van der Waals surface area contributed by atoms with Crippen LogP contribution in [-0.4, -0.2) is 64.1 Å². The predicted molar refractivity (Wildman–Crippen MR) is 130 cm³/mol. The van der Waals surface area contributed by atoms with E-state index in [0.717, 1.165) is 11.3 Å². The zero-order valence-electron chi connectivity index (χ0n) is 19.2. The highest BCUT2D eigenvalue weighted by Gasteiger charge is 2.31. The second-order valence-electron chi connectivity index (χ2n) is 7.81. The fraction of sp³-hybridized carbons (Fsp3) is 0.273. The van der Waals surface area contributed by atoms with Gasteiger partial charge < -0.3 is 24.4 Å². The molecule has 10 nitrogen and oxygen atoms in total. The van der Waals surface area contributed by atoms with Gasteiger partial charge in [-0.1, -0.05) is 6.07 Å². The summed E-state index contributed by atoms with van der Waals surface area (Å²) in [6, 6.07) is 9.47. The van der Waals surface area contributed by atoms with Crippen LogP contribution in [0.1, 0.15) is 10.4 Å². The average molecular weight is 559 g/mol. The van der Waals surface area contributed by atoms with E-state index in [1.807, 2.05) is 9.80 Å². The van der Waals surface area contributed by atoms with Crippen LogP contribution in [0.3, 0.4) is 0 Å². The molecule has 1 aliphatic rings. The van der Waals surface area contributed by atoms with Crippen LogP contribution in [-0.2, 0) is 10.0 Å². The van der Waals surface area contributed by atoms with Gasteiger partial charge in [0.2, 0.25) is 0 Å². The number of hydrogen-bond acceptors (Lipinski definition) is 9. The lowest BCUT2D eigenvalue weighted by Gasteiger charge is -2.36. The molecule has 0 bridgehead atoms. The number of piperazine rings is 1. The number of carbonyl (C=O) groups is 1. The zero-order chi connectivity index (χ0) is 26.8. The van der Waals surface area contributed by atoms with Crippen molar-refractivity contribution in [3.05, 3.63) is 53.4 Å². The van der Waals surface area contributed by atoms with Crippen LogP contribution in [0.5, 0.6) is 11.5 Å². The van der Waals surface area contributed by atoms with Gasteiger partial charge in [0, 0.05) is 43.3 Å². The maximum atomic E-state index is 12.9. The quantitative estimate of drug-likeness (QED) is 0.424. The Balaban J connectivity index is 1.42. The molecule has 2 heterocycles. The highest BCUT2D eigenvalue weighted by atomic mass is 32.2. The summed E-state index contributed by atoms with van der Waals surface area (Å²) in [7, 11) is -2.80. The minimum absolute atomic E-state index is 0.0414. The maximum absolute atomic E-state index is 12.9. The third-order valence-electron chi connectivity index (χ3n) is 5.41. The van der Waals surface area contributed by atoms with Crippen molar-refractivity contribution in [1.82, 2.24) is 4.98 Å². The van der Waals surface area contributed by atoms with Gasteiger partial charge in [-0.25, -0.2) is 9.78 Å². The Hall–Kier alpha value is -3.72. The fourth-order valence-electron chi connectivity index (χ4n) is 3.66. The number of anilines is 3. The van der Waals surface area contributed by atoms with Crippen molar-refractivity contribution in [2.24, 2.45) is 0 Å². The topological polar surface area (TPSA) is 121 Å². The van der Waals surface area contributed by atoms with Crippen LogP contribution in [0.4, 0.5) is 29.7 Å². The smallest absolute Gasteiger partial charge is 0.495 e. The van der Waals surface area contributed by atoms with E-state index in [1.165, 1.54) is 48.9 Å². The van der Waals surface area contributed by atoms with Gasteiger partial charge in [0.1, 0.15) is 11.5 Å². The Bertz CT molecular complexity index is 1390. The number of sulfonamides is 1. The first-order chi connectivity index (χ1) is 17.4. The number of methoxy groups -OCH3 is 1. The molecular formula is C22H21F3N4O6S2. The van der Waals surface area contributed by atoms with Crippen molar-refractivity contribution in [1.29, 1.82) is 0 Å². The molecular weight excluding hydrogens is 537 g/mol. The van der Waals surface area contributed by atoms with E-state index in [9.17, 15) is 26.4 Å². The molecule has 15 heteroatoms. The molecule has 1 aromatic heterocycles. The number of rotatable bonds is 8. The van der Waals surface area contributed by atoms with Gasteiger partial charge >= 0.3 is 12.3 Å². The summed E-state index contributed by atoms with van der Waals surface area (Å²) in [5, 5.41) is 10.8. The summed E-state index contributed by atoms with van der Waals surface area (Å²) in [4.78, 5) is 19.2. The lowest BCUT2D eigenvalue weighted by Crippen LogP contribution is -2.46. The summed E-state index contributed by atoms with van der Waals surface area (Å²) < 4.78 is 74.8. The number of aromatic nitrogens is 1. The third-order valence-corrected chi connectivity index (χ3v) is 7.70. The summed E-state index contributed by atoms with van der Waals surface area (Å²) >= 11 is 1.14. The number of thiazole rings is 1. The van der Waals surface area contributed by atoms with Crippen molar-refractivity contribution in [3.63, 3.8) is 0 Å². The number of nitrogens with one attached hydrogen (secondary N) is 1. The Morgan fingerprint density at radius 3 is 2.46 bits per heavy atom. The van der Waals surface area contributed by atoms with Crippen molar-refractivity contribution >= 4 is 43.8 Å². The summed E-state index contributed by atoms with van der Waals surface area (Å²) in [6.45, 7) is 1.88. The SMILES string of the molecule is COc1cc(C(=O)O)ccc1NS(=O)(=O)c1csc(N2CCN(c3cccc(OC(F)(F)F)c3)CC2)n1. The van der Waals surface area contributed by atoms with E-state index < -0.39 is 22.4 Å². The van der Waals surface area contributed by atoms with Crippen molar-refractivity contribution < 1.29 is 41.0 Å². The molecule has 1 aliphatic heterocycles. The van der Waals surface area contributed by atoms with Crippen LogP contribution < -0.4 is 24.0 Å². The molecule has 2 N–H and O–H groups in total. The molecule has 4 rings (SSSR count). The highest BCUT2D eigenvalue weighted by Crippen LogP contribution is 2.31. The average Bonchev–Trinajstić information content (AvgIpc) is 3.35. The molecule has 0 spiro atoms. The van der Waals surface area contributed by atoms with E-state index in [-0.39, 0.29) is 27.8 Å². The Labute approximate surface area is 213 Å². The van der Waals surface area contributed by atoms with Gasteiger partial charge in [-0.05, 0) is 30.3 Å². The van der Waals surface area contributed by atoms with E-state index >= 15 is 0 Å². The number of carboxylic acids is 1. The summed E-state index contributed by atoms with van der Waals surface area (Å²) in [5.74, 6) is -1.44. The number of hydrogen-bond donors (Lipinski definition) is 2. The number of halogens is 3. The Kier molecular flexibility index (Phi) is 7.36. The van der Waals surface area contributed by atoms with Gasteiger partial charge in [0.25, 0.3) is 10.0 Å². The van der Waals surface area contributed by atoms with Crippen molar-refractivity contribution in [2.45, 2.75) is 11.4 Å². The Morgan fingerprint density at radius 1 is 1.11 bits per heavy atom. The third kappa shape index (κ3) is 6.35. The van der Waals surface area contributed by atoms with E-state index in [2.05, 4.69) is 14.4 Å². The summed E-state index contributed by atoms with van der Waals surface area (Å²) in [6.07, 6.45) is -4.78. The fourth-order valence-corrected chi connectivity index (χ4v) is 5.88. The minimum atomic E-state index is -4.78. The predicted octanol–water partition coefficient (Wildman–Crippen LogP) is 3.88. The molecule has 0 saturated carbocycles. The number of ether oxygens (including phenoxy) is 2. The molecule has 37 heavy (non-hydrogen) atoms. The first-order valence-corrected chi connectivity index (χ1v) is 13.1. The lowest BCUT2D eigenvalue weighted by molar-refractivity contribution is -0.274. The molecule has 3 aromatic rings. The van der Waals surface area contributed by atoms with Gasteiger partial charge in [0.05, 0.1) is 18.4 Å². The second-order valence-corrected chi connectivity index (χ2v) is 10.3. The van der Waals surface area contributed by atoms with Gasteiger partial charge in [0.15, 0.2) is 10.2 Å². The number of aromatic carboxylic acids is 1. The van der Waals surface area contributed by atoms with Gasteiger partial charge in [-0.2, -0.15) is 8.42 Å². The number of carboxylic acid groups (broad SMARTS) is 1. The van der Waals surface area contributed by atoms with Crippen LogP contribution in [0.15, 0.2) is 52.9 Å². The molecule has 0 radical (unpaired) electrons. The Morgan fingerprint density at radius 2 is 1.81 bits per heavy atom. The molecule has 0 amide bonds. The standard InChI is InChI=1S/C22H21F3N4O6S2/c1-34-18-11-14(20(30)31)5-6-17(18)27-37(32,33)19-13-36-21(26-19)29-9-7-28(8-10-29)15-3-2-4-16(12-15)35-22(23,24)25/h2-6,11-13,27H,7-10H2,1H3,(H,30,31). The van der Waals surface area contributed by atoms with E-state index in [0.29, 0.717) is 37.0 Å². The van der Waals surface area contributed by atoms with Crippen LogP contribution >= 0.6 is 11.3 Å². The number of alkyl halides is 3. The maximum Gasteiger partial charge on any atom is 0.573 e. The van der Waals surface area contributed by atoms with Crippen molar-refractivity contribution in [3.8, 4) is 11.5 Å². The molecule has 1 saturated heterocycles. The first kappa shape index (κ1) is 26.3. The van der Waals surface area contributed by atoms with Crippen molar-refractivity contribution in [2.75, 3.05) is 47.8 Å². The van der Waals surface area contributed by atoms with Crippen LogP contribution in [0, 0.1) is 0 Å². The molecule has 0 unspecified atom stereocenters. The number of benzene rings is 2. The monoisotopic (exact) mass is 558 g/mol. The molecule has 0 aliphatic carbocycles. The van der Waals surface area contributed by atoms with E-state index in [4.69, 9.17) is 9.84 Å². The van der Waals surface area contributed by atoms with Gasteiger partial charge in [-0.3, -0.25) is 4.72 Å². The minimum Gasteiger partial charge on any atom is -0.495 e. The normalized spacial score (nSPS) is 14.4. The molecule has 2 aromatic carbocycles. The van der Waals surface area contributed by atoms with Crippen LogP contribution in [0.2, 0.25) is 0 Å².